The van der Waals surface area contributed by atoms with Crippen molar-refractivity contribution in [1.29, 1.82) is 0 Å². The quantitative estimate of drug-likeness (QED) is 0.172. The normalized spacial score (nSPS) is 11.6. The summed E-state index contributed by atoms with van der Waals surface area (Å²) < 4.78 is 0. The van der Waals surface area contributed by atoms with Crippen molar-refractivity contribution in [2.24, 2.45) is 0 Å². The first-order chi connectivity index (χ1) is 27.7. The van der Waals surface area contributed by atoms with Crippen molar-refractivity contribution >= 4 is 21.5 Å². The molecule has 260 valence electrons. The van der Waals surface area contributed by atoms with Gasteiger partial charge < -0.3 is 0 Å². The van der Waals surface area contributed by atoms with Crippen molar-refractivity contribution in [2.45, 2.75) is 0 Å². The van der Waals surface area contributed by atoms with Gasteiger partial charge in [-0.25, -0.2) is 15.0 Å². The topological polar surface area (TPSA) is 38.7 Å². The van der Waals surface area contributed by atoms with Gasteiger partial charge in [-0.2, -0.15) is 0 Å². The molecule has 0 atom stereocenters. The lowest BCUT2D eigenvalue weighted by atomic mass is 9.88. The number of hydrogen-bond acceptors (Lipinski definition) is 3. The molecule has 3 nitrogen and oxygen atoms in total. The fourth-order valence-electron chi connectivity index (χ4n) is 8.36. The molecular weight excluding hydrogens is 679 g/mol. The van der Waals surface area contributed by atoms with Gasteiger partial charge in [0.1, 0.15) is 0 Å². The SMILES string of the molecule is c1ccc(-c2nc(-c3ccccc3)nc(-c3ccc(-c4ccc5ccccc5c4-c4ccc(-c5ccc6c(c5)-c5cccc7cccc-6c57)cc4)cc3)n2)cc1. The van der Waals surface area contributed by atoms with Gasteiger partial charge >= 0.3 is 0 Å². The summed E-state index contributed by atoms with van der Waals surface area (Å²) in [7, 11) is 0. The minimum atomic E-state index is 0.644. The van der Waals surface area contributed by atoms with Crippen molar-refractivity contribution in [1.82, 2.24) is 15.0 Å². The van der Waals surface area contributed by atoms with Crippen LogP contribution in [0.2, 0.25) is 0 Å². The minimum Gasteiger partial charge on any atom is -0.208 e. The fraction of sp³-hybridized carbons (Fsp3) is 0. The lowest BCUT2D eigenvalue weighted by Crippen LogP contribution is -2.00. The molecule has 9 aromatic carbocycles. The van der Waals surface area contributed by atoms with E-state index in [1.807, 2.05) is 60.7 Å². The standard InChI is InChI=1S/C53H33N3/c1-3-12-39(13-4-1)51-54-52(40-14-5-2-6-15-40)56-53(55-51)41-27-23-36(24-28-41)44-31-29-35-11-7-8-18-43(35)49(44)38-25-21-34(22-26-38)42-30-32-45-46-19-9-16-37-17-10-20-47(50(37)46)48(45)33-42/h1-33H. The maximum absolute atomic E-state index is 4.96. The Morgan fingerprint density at radius 3 is 1.39 bits per heavy atom. The Balaban J connectivity index is 0.971. The second-order valence-electron chi connectivity index (χ2n) is 14.4. The molecule has 0 bridgehead atoms. The van der Waals surface area contributed by atoms with Crippen LogP contribution in [-0.4, -0.2) is 15.0 Å². The number of fused-ring (bicyclic) bond motifs is 4. The van der Waals surface area contributed by atoms with Gasteiger partial charge in [-0.05, 0) is 83.2 Å². The summed E-state index contributed by atoms with van der Waals surface area (Å²) in [5.41, 5.74) is 15.2. The van der Waals surface area contributed by atoms with Crippen molar-refractivity contribution in [2.75, 3.05) is 0 Å². The summed E-state index contributed by atoms with van der Waals surface area (Å²) in [5.74, 6) is 1.95. The number of hydrogen-bond donors (Lipinski definition) is 0. The molecule has 0 unspecified atom stereocenters. The lowest BCUT2D eigenvalue weighted by molar-refractivity contribution is 1.07. The highest BCUT2D eigenvalue weighted by Crippen LogP contribution is 2.48. The highest BCUT2D eigenvalue weighted by Gasteiger charge is 2.22. The average molecular weight is 712 g/mol. The van der Waals surface area contributed by atoms with Crippen LogP contribution in [0.15, 0.2) is 200 Å². The molecule has 0 saturated heterocycles. The largest absolute Gasteiger partial charge is 0.208 e. The first-order valence-corrected chi connectivity index (χ1v) is 19.0. The summed E-state index contributed by atoms with van der Waals surface area (Å²) in [4.78, 5) is 14.8. The Labute approximate surface area is 325 Å². The van der Waals surface area contributed by atoms with Gasteiger partial charge in [0, 0.05) is 16.7 Å². The molecule has 1 heterocycles. The van der Waals surface area contributed by atoms with Crippen LogP contribution in [-0.2, 0) is 0 Å². The second-order valence-corrected chi connectivity index (χ2v) is 14.4. The molecule has 1 aliphatic rings. The Morgan fingerprint density at radius 2 is 0.732 bits per heavy atom. The number of benzene rings is 9. The van der Waals surface area contributed by atoms with Crippen LogP contribution in [0, 0.1) is 0 Å². The summed E-state index contributed by atoms with van der Waals surface area (Å²) >= 11 is 0. The molecule has 3 heteroatoms. The van der Waals surface area contributed by atoms with E-state index in [1.54, 1.807) is 0 Å². The molecule has 56 heavy (non-hydrogen) atoms. The highest BCUT2D eigenvalue weighted by atomic mass is 15.0. The van der Waals surface area contributed by atoms with Crippen LogP contribution in [0.5, 0.6) is 0 Å². The molecule has 10 aromatic rings. The molecule has 0 spiro atoms. The van der Waals surface area contributed by atoms with Gasteiger partial charge in [-0.1, -0.05) is 194 Å². The Kier molecular flexibility index (Phi) is 7.49. The summed E-state index contributed by atoms with van der Waals surface area (Å²) in [6, 6.07) is 71.3. The maximum atomic E-state index is 4.96. The van der Waals surface area contributed by atoms with E-state index in [1.165, 1.54) is 71.6 Å². The molecule has 0 aliphatic heterocycles. The van der Waals surface area contributed by atoms with Crippen molar-refractivity contribution < 1.29 is 0 Å². The molecule has 0 saturated carbocycles. The summed E-state index contributed by atoms with van der Waals surface area (Å²) in [6.07, 6.45) is 0. The second kappa shape index (κ2) is 13.1. The first kappa shape index (κ1) is 32.0. The fourth-order valence-corrected chi connectivity index (χ4v) is 8.36. The van der Waals surface area contributed by atoms with E-state index in [0.717, 1.165) is 22.3 Å². The van der Waals surface area contributed by atoms with Crippen LogP contribution in [0.1, 0.15) is 0 Å². The van der Waals surface area contributed by atoms with Crippen LogP contribution >= 0.6 is 0 Å². The smallest absolute Gasteiger partial charge is 0.164 e. The highest BCUT2D eigenvalue weighted by molar-refractivity contribution is 6.15. The van der Waals surface area contributed by atoms with Crippen molar-refractivity contribution in [3.8, 4) is 89.8 Å². The van der Waals surface area contributed by atoms with Crippen molar-refractivity contribution in [3.63, 3.8) is 0 Å². The minimum absolute atomic E-state index is 0.644. The molecule has 1 aromatic heterocycles. The third-order valence-corrected chi connectivity index (χ3v) is 11.1. The van der Waals surface area contributed by atoms with Gasteiger partial charge in [-0.3, -0.25) is 0 Å². The zero-order valence-corrected chi connectivity index (χ0v) is 30.4. The maximum Gasteiger partial charge on any atom is 0.164 e. The average Bonchev–Trinajstić information content (AvgIpc) is 3.60. The summed E-state index contributed by atoms with van der Waals surface area (Å²) in [5, 5.41) is 5.09. The zero-order chi connectivity index (χ0) is 37.0. The Bertz CT molecular complexity index is 3030. The molecule has 1 aliphatic carbocycles. The van der Waals surface area contributed by atoms with E-state index in [0.29, 0.717) is 17.5 Å². The van der Waals surface area contributed by atoms with Gasteiger partial charge in [0.2, 0.25) is 0 Å². The van der Waals surface area contributed by atoms with Crippen LogP contribution in [0.4, 0.5) is 0 Å². The predicted octanol–water partition coefficient (Wildman–Crippen LogP) is 13.8. The van der Waals surface area contributed by atoms with E-state index in [2.05, 4.69) is 140 Å². The molecule has 0 N–H and O–H groups in total. The number of aromatic nitrogens is 3. The Hall–Kier alpha value is -7.49. The monoisotopic (exact) mass is 711 g/mol. The molecule has 0 fully saturated rings. The first-order valence-electron chi connectivity index (χ1n) is 19.0. The van der Waals surface area contributed by atoms with E-state index >= 15 is 0 Å². The van der Waals surface area contributed by atoms with E-state index in [4.69, 9.17) is 15.0 Å². The zero-order valence-electron chi connectivity index (χ0n) is 30.4. The number of rotatable bonds is 6. The van der Waals surface area contributed by atoms with Gasteiger partial charge in [0.25, 0.3) is 0 Å². The van der Waals surface area contributed by atoms with Gasteiger partial charge in [0.05, 0.1) is 0 Å². The third-order valence-electron chi connectivity index (χ3n) is 11.1. The number of nitrogens with zero attached hydrogens (tertiary/aromatic N) is 3. The molecule has 11 rings (SSSR count). The molecular formula is C53H33N3. The van der Waals surface area contributed by atoms with E-state index < -0.39 is 0 Å². The molecule has 0 radical (unpaired) electrons. The van der Waals surface area contributed by atoms with Gasteiger partial charge in [0.15, 0.2) is 17.5 Å². The lowest BCUT2D eigenvalue weighted by Gasteiger charge is -2.15. The third kappa shape index (κ3) is 5.40. The molecule has 0 amide bonds. The van der Waals surface area contributed by atoms with Crippen LogP contribution < -0.4 is 0 Å². The van der Waals surface area contributed by atoms with E-state index in [9.17, 15) is 0 Å². The Morgan fingerprint density at radius 1 is 0.250 bits per heavy atom. The van der Waals surface area contributed by atoms with Crippen LogP contribution in [0.25, 0.3) is 111 Å². The van der Waals surface area contributed by atoms with Crippen LogP contribution in [0.3, 0.4) is 0 Å². The summed E-state index contributed by atoms with van der Waals surface area (Å²) in [6.45, 7) is 0. The van der Waals surface area contributed by atoms with Gasteiger partial charge in [-0.15, -0.1) is 0 Å². The van der Waals surface area contributed by atoms with Crippen molar-refractivity contribution in [3.05, 3.63) is 200 Å². The predicted molar refractivity (Wildman–Crippen MR) is 232 cm³/mol. The van der Waals surface area contributed by atoms with E-state index in [-0.39, 0.29) is 0 Å².